The second-order valence-electron chi connectivity index (χ2n) is 11.0. The maximum absolute atomic E-state index is 9.02. The first-order chi connectivity index (χ1) is 15.7. The Kier molecular flexibility index (Phi) is 7.01. The molecule has 2 aromatic rings. The molecular weight excluding hydrogens is 410 g/mol. The van der Waals surface area contributed by atoms with Gasteiger partial charge < -0.3 is 14.7 Å². The highest BCUT2D eigenvalue weighted by Crippen LogP contribution is 2.47. The van der Waals surface area contributed by atoms with Crippen LogP contribution in [0.1, 0.15) is 64.5 Å². The van der Waals surface area contributed by atoms with Crippen LogP contribution in [0.15, 0.2) is 30.3 Å². The number of hydrogen-bond acceptors (Lipinski definition) is 5. The summed E-state index contributed by atoms with van der Waals surface area (Å²) in [4.78, 5) is 10.00. The van der Waals surface area contributed by atoms with Crippen molar-refractivity contribution < 1.29 is 9.84 Å². The number of pyridine rings is 1. The summed E-state index contributed by atoms with van der Waals surface area (Å²) in [5.74, 6) is 1.85. The van der Waals surface area contributed by atoms with E-state index in [1.807, 2.05) is 0 Å². The molecule has 0 radical (unpaired) electrons. The molecule has 0 amide bonds. The van der Waals surface area contributed by atoms with Gasteiger partial charge in [-0.1, -0.05) is 39.8 Å². The maximum Gasteiger partial charge on any atom is 0.145 e. The second-order valence-corrected chi connectivity index (χ2v) is 11.0. The lowest BCUT2D eigenvalue weighted by Gasteiger charge is -2.42. The molecule has 1 fully saturated rings. The standard InChI is InChI=1S/C28H41N3O2/c1-27(2)12-13-28(3,4)23-20-21(8-9-22(23)27)26-24(33-5)10-11-25(29-26)31-17-15-30(16-18-31)14-6-7-19-32/h8-11,20,32H,6-7,12-19H2,1-5H3. The minimum atomic E-state index is 0.165. The zero-order valence-electron chi connectivity index (χ0n) is 21.2. The van der Waals surface area contributed by atoms with Crippen LogP contribution in [0.3, 0.4) is 0 Å². The van der Waals surface area contributed by atoms with Crippen LogP contribution in [0.4, 0.5) is 5.82 Å². The fourth-order valence-electron chi connectivity index (χ4n) is 5.37. The number of piperazine rings is 1. The summed E-state index contributed by atoms with van der Waals surface area (Å²) in [6, 6.07) is 11.1. The number of rotatable bonds is 7. The molecule has 0 unspecified atom stereocenters. The van der Waals surface area contributed by atoms with E-state index in [1.165, 1.54) is 24.0 Å². The number of hydrogen-bond donors (Lipinski definition) is 1. The van der Waals surface area contributed by atoms with E-state index in [9.17, 15) is 0 Å². The van der Waals surface area contributed by atoms with Crippen LogP contribution in [0.25, 0.3) is 11.3 Å². The van der Waals surface area contributed by atoms with E-state index in [-0.39, 0.29) is 17.4 Å². The van der Waals surface area contributed by atoms with Gasteiger partial charge in [0.1, 0.15) is 17.3 Å². The first-order valence-electron chi connectivity index (χ1n) is 12.5. The monoisotopic (exact) mass is 451 g/mol. The smallest absolute Gasteiger partial charge is 0.145 e. The van der Waals surface area contributed by atoms with Crippen molar-refractivity contribution in [3.05, 3.63) is 41.5 Å². The first-order valence-corrected chi connectivity index (χ1v) is 12.5. The summed E-state index contributed by atoms with van der Waals surface area (Å²) in [6.07, 6.45) is 4.37. The van der Waals surface area contributed by atoms with Crippen molar-refractivity contribution in [2.45, 2.75) is 64.2 Å². The zero-order chi connectivity index (χ0) is 23.6. The first kappa shape index (κ1) is 24.0. The molecule has 1 aliphatic heterocycles. The normalized spacial score (nSPS) is 19.9. The predicted molar refractivity (Wildman–Crippen MR) is 136 cm³/mol. The van der Waals surface area contributed by atoms with E-state index in [4.69, 9.17) is 14.8 Å². The fourth-order valence-corrected chi connectivity index (χ4v) is 5.37. The van der Waals surface area contributed by atoms with Gasteiger partial charge in [-0.3, -0.25) is 4.90 Å². The predicted octanol–water partition coefficient (Wildman–Crippen LogP) is 5.00. The molecule has 0 spiro atoms. The number of aliphatic hydroxyl groups excluding tert-OH is 1. The summed E-state index contributed by atoms with van der Waals surface area (Å²) in [7, 11) is 1.73. The quantitative estimate of drug-likeness (QED) is 0.600. The fraction of sp³-hybridized carbons (Fsp3) is 0.607. The number of methoxy groups -OCH3 is 1. The van der Waals surface area contributed by atoms with Crippen molar-refractivity contribution in [2.75, 3.05) is 51.3 Å². The average Bonchev–Trinajstić information content (AvgIpc) is 2.82. The largest absolute Gasteiger partial charge is 0.494 e. The topological polar surface area (TPSA) is 48.8 Å². The number of nitrogens with zero attached hydrogens (tertiary/aromatic N) is 3. The molecule has 0 saturated carbocycles. The van der Waals surface area contributed by atoms with Crippen molar-refractivity contribution >= 4 is 5.82 Å². The van der Waals surface area contributed by atoms with Crippen molar-refractivity contribution in [3.63, 3.8) is 0 Å². The van der Waals surface area contributed by atoms with Crippen LogP contribution in [0.2, 0.25) is 0 Å². The Hall–Kier alpha value is -2.11. The molecule has 0 atom stereocenters. The van der Waals surface area contributed by atoms with Gasteiger partial charge >= 0.3 is 0 Å². The summed E-state index contributed by atoms with van der Waals surface area (Å²) < 4.78 is 5.74. The number of ether oxygens (including phenoxy) is 1. The van der Waals surface area contributed by atoms with Gasteiger partial charge in [-0.15, -0.1) is 0 Å². The lowest BCUT2D eigenvalue weighted by Crippen LogP contribution is -2.47. The van der Waals surface area contributed by atoms with Crippen LogP contribution in [0.5, 0.6) is 5.75 Å². The highest BCUT2D eigenvalue weighted by molar-refractivity contribution is 5.70. The van der Waals surface area contributed by atoms with Gasteiger partial charge in [-0.05, 0) is 72.4 Å². The Labute approximate surface area is 199 Å². The Morgan fingerprint density at radius 3 is 2.27 bits per heavy atom. The summed E-state index contributed by atoms with van der Waals surface area (Å²) in [5.41, 5.74) is 5.36. The molecule has 5 nitrogen and oxygen atoms in total. The Balaban J connectivity index is 1.60. The van der Waals surface area contributed by atoms with Gasteiger partial charge in [0.25, 0.3) is 0 Å². The Morgan fingerprint density at radius 2 is 1.61 bits per heavy atom. The molecule has 4 rings (SSSR count). The van der Waals surface area contributed by atoms with Crippen LogP contribution in [-0.2, 0) is 10.8 Å². The van der Waals surface area contributed by atoms with Gasteiger partial charge in [0.15, 0.2) is 0 Å². The molecule has 33 heavy (non-hydrogen) atoms. The average molecular weight is 452 g/mol. The van der Waals surface area contributed by atoms with Crippen LogP contribution >= 0.6 is 0 Å². The third kappa shape index (κ3) is 5.04. The number of fused-ring (bicyclic) bond motifs is 1. The molecular formula is C28H41N3O2. The molecule has 5 heteroatoms. The number of aliphatic hydroxyl groups is 1. The molecule has 1 aromatic carbocycles. The van der Waals surface area contributed by atoms with Crippen molar-refractivity contribution in [2.24, 2.45) is 0 Å². The minimum Gasteiger partial charge on any atom is -0.494 e. The summed E-state index contributed by atoms with van der Waals surface area (Å²) in [5, 5.41) is 9.02. The maximum atomic E-state index is 9.02. The second kappa shape index (κ2) is 9.63. The molecule has 1 saturated heterocycles. The number of unbranched alkanes of at least 4 members (excludes halogenated alkanes) is 1. The third-order valence-corrected chi connectivity index (χ3v) is 7.77. The van der Waals surface area contributed by atoms with E-state index >= 15 is 0 Å². The summed E-state index contributed by atoms with van der Waals surface area (Å²) in [6.45, 7) is 14.8. The molecule has 2 heterocycles. The van der Waals surface area contributed by atoms with Gasteiger partial charge in [-0.25, -0.2) is 4.98 Å². The van der Waals surface area contributed by atoms with Crippen molar-refractivity contribution in [1.82, 2.24) is 9.88 Å². The van der Waals surface area contributed by atoms with E-state index in [0.29, 0.717) is 0 Å². The highest BCUT2D eigenvalue weighted by atomic mass is 16.5. The highest BCUT2D eigenvalue weighted by Gasteiger charge is 2.37. The summed E-state index contributed by atoms with van der Waals surface area (Å²) >= 11 is 0. The molecule has 180 valence electrons. The lowest BCUT2D eigenvalue weighted by atomic mass is 9.63. The minimum absolute atomic E-state index is 0.165. The van der Waals surface area contributed by atoms with Gasteiger partial charge in [0, 0.05) is 38.3 Å². The van der Waals surface area contributed by atoms with E-state index in [0.717, 1.165) is 68.4 Å². The van der Waals surface area contributed by atoms with Crippen molar-refractivity contribution in [3.8, 4) is 17.0 Å². The molecule has 2 aliphatic rings. The molecule has 1 aliphatic carbocycles. The van der Waals surface area contributed by atoms with Crippen LogP contribution in [-0.4, -0.2) is 61.4 Å². The van der Waals surface area contributed by atoms with Gasteiger partial charge in [0.05, 0.1) is 7.11 Å². The molecule has 1 N–H and O–H groups in total. The van der Waals surface area contributed by atoms with E-state index < -0.39 is 0 Å². The molecule has 1 aromatic heterocycles. The van der Waals surface area contributed by atoms with E-state index in [2.05, 4.69) is 67.8 Å². The van der Waals surface area contributed by atoms with Crippen LogP contribution in [0, 0.1) is 0 Å². The number of benzene rings is 1. The zero-order valence-corrected chi connectivity index (χ0v) is 21.2. The number of aromatic nitrogens is 1. The Bertz CT molecular complexity index is 962. The van der Waals surface area contributed by atoms with E-state index in [1.54, 1.807) is 7.11 Å². The third-order valence-electron chi connectivity index (χ3n) is 7.77. The number of anilines is 1. The SMILES string of the molecule is COc1ccc(N2CCN(CCCCO)CC2)nc1-c1ccc2c(c1)C(C)(C)CCC2(C)C. The van der Waals surface area contributed by atoms with Gasteiger partial charge in [0.2, 0.25) is 0 Å². The molecule has 0 bridgehead atoms. The van der Waals surface area contributed by atoms with Crippen molar-refractivity contribution in [1.29, 1.82) is 0 Å². The lowest BCUT2D eigenvalue weighted by molar-refractivity contribution is 0.232. The van der Waals surface area contributed by atoms with Gasteiger partial charge in [-0.2, -0.15) is 0 Å². The Morgan fingerprint density at radius 1 is 0.909 bits per heavy atom. The van der Waals surface area contributed by atoms with Crippen LogP contribution < -0.4 is 9.64 Å².